The number of hydrogen-bond acceptors (Lipinski definition) is 2. The second kappa shape index (κ2) is 1.53. The van der Waals surface area contributed by atoms with Crippen molar-refractivity contribution in [2.24, 2.45) is 0 Å². The van der Waals surface area contributed by atoms with E-state index in [1.54, 1.807) is 5.38 Å². The lowest BCUT2D eigenvalue weighted by molar-refractivity contribution is -0.261. The summed E-state index contributed by atoms with van der Waals surface area (Å²) in [7, 11) is 0. The van der Waals surface area contributed by atoms with Crippen molar-refractivity contribution in [1.82, 2.24) is 0 Å². The fraction of sp³-hybridized carbons (Fsp3) is 0. The monoisotopic (exact) mass is 118 g/mol. The Labute approximate surface area is 43.5 Å². The molecule has 1 rings (SSSR count). The predicted molar refractivity (Wildman–Crippen MR) is 26.0 cm³/mol. The summed E-state index contributed by atoms with van der Waals surface area (Å²) in [5, 5.41) is 11.8. The van der Waals surface area contributed by atoms with E-state index < -0.39 is 0 Å². The normalized spacial score (nSPS) is 8.67. The van der Waals surface area contributed by atoms with Crippen LogP contribution in [0.1, 0.15) is 0 Å². The van der Waals surface area contributed by atoms with E-state index in [1.165, 1.54) is 22.7 Å². The van der Waals surface area contributed by atoms with Gasteiger partial charge in [0.25, 0.3) is 0 Å². The molecule has 0 aromatic carbocycles. The molecule has 0 radical (unpaired) electrons. The van der Waals surface area contributed by atoms with Crippen molar-refractivity contribution < 1.29 is 5.11 Å². The van der Waals surface area contributed by atoms with E-state index in [0.717, 1.165) is 0 Å². The highest BCUT2D eigenvalue weighted by atomic mass is 32.2. The molecule has 32 valence electrons. The average Bonchev–Trinajstić information content (AvgIpc) is 1.86. The van der Waals surface area contributed by atoms with E-state index in [0.29, 0.717) is 0 Å². The molecule has 1 aromatic rings. The fourth-order valence-electron chi connectivity index (χ4n) is 0.186. The zero-order chi connectivity index (χ0) is 4.41. The first kappa shape index (κ1) is 4.02. The summed E-state index contributed by atoms with van der Waals surface area (Å²) in [4.78, 5) is 0. The highest BCUT2D eigenvalue weighted by Crippen LogP contribution is 2.15. The number of hydrogen-bond donors (Lipinski definition) is 0. The van der Waals surface area contributed by atoms with Gasteiger partial charge in [0.2, 0.25) is 4.69 Å². The van der Waals surface area contributed by atoms with E-state index in [4.69, 9.17) is 0 Å². The van der Waals surface area contributed by atoms with Gasteiger partial charge in [0.15, 0.2) is 0 Å². The van der Waals surface area contributed by atoms with Crippen LogP contribution in [0.2, 0.25) is 0 Å². The van der Waals surface area contributed by atoms with Gasteiger partial charge in [-0.15, -0.1) is 0 Å². The minimum absolute atomic E-state index is 0.153. The van der Waals surface area contributed by atoms with Crippen LogP contribution in [-0.2, 0) is 0 Å². The van der Waals surface area contributed by atoms with E-state index in [-0.39, 0.29) is 5.06 Å². The third-order valence-corrected chi connectivity index (χ3v) is 2.06. The SMILES string of the molecule is [O-]c1c[s+]cs1. The molecular weight excluding hydrogens is 116 g/mol. The van der Waals surface area contributed by atoms with Crippen LogP contribution < -0.4 is 5.11 Å². The van der Waals surface area contributed by atoms with Crippen LogP contribution in [0.15, 0.2) is 10.1 Å². The van der Waals surface area contributed by atoms with E-state index >= 15 is 0 Å². The van der Waals surface area contributed by atoms with Crippen molar-refractivity contribution in [2.75, 3.05) is 0 Å². The van der Waals surface area contributed by atoms with Crippen LogP contribution in [0.25, 0.3) is 0 Å². The zero-order valence-electron chi connectivity index (χ0n) is 2.88. The van der Waals surface area contributed by atoms with E-state index in [2.05, 4.69) is 0 Å². The van der Waals surface area contributed by atoms with Gasteiger partial charge in [-0.1, -0.05) is 0 Å². The summed E-state index contributed by atoms with van der Waals surface area (Å²) < 4.78 is 1.81. The first-order valence-electron chi connectivity index (χ1n) is 1.40. The smallest absolute Gasteiger partial charge is 0.241 e. The van der Waals surface area contributed by atoms with Crippen molar-refractivity contribution in [2.45, 2.75) is 0 Å². The summed E-state index contributed by atoms with van der Waals surface area (Å²) in [6.45, 7) is 0. The Morgan fingerprint density at radius 3 is 2.83 bits per heavy atom. The molecule has 6 heavy (non-hydrogen) atoms. The van der Waals surface area contributed by atoms with Crippen molar-refractivity contribution >= 4 is 22.7 Å². The van der Waals surface area contributed by atoms with Gasteiger partial charge in [0, 0.05) is 0 Å². The predicted octanol–water partition coefficient (Wildman–Crippen LogP) is 1.16. The molecule has 1 aromatic heterocycles. The molecular formula is C3H2OS2. The highest BCUT2D eigenvalue weighted by molar-refractivity contribution is 7.27. The van der Waals surface area contributed by atoms with Crippen LogP contribution in [0.3, 0.4) is 0 Å². The average molecular weight is 118 g/mol. The molecule has 0 spiro atoms. The van der Waals surface area contributed by atoms with Gasteiger partial charge in [0.05, 0.1) is 27.7 Å². The molecule has 0 bridgehead atoms. The summed E-state index contributed by atoms with van der Waals surface area (Å²) in [5.74, 6) is 0. The van der Waals surface area contributed by atoms with Gasteiger partial charge in [0.1, 0.15) is 5.38 Å². The van der Waals surface area contributed by atoms with Gasteiger partial charge in [-0.05, 0) is 0 Å². The Hall–Kier alpha value is -0.150. The van der Waals surface area contributed by atoms with Crippen molar-refractivity contribution in [1.29, 1.82) is 0 Å². The first-order valence-corrected chi connectivity index (χ1v) is 3.23. The third-order valence-electron chi connectivity index (χ3n) is 0.384. The Morgan fingerprint density at radius 2 is 2.67 bits per heavy atom. The Balaban J connectivity index is 3.05. The van der Waals surface area contributed by atoms with Gasteiger partial charge in [-0.3, -0.25) is 0 Å². The summed E-state index contributed by atoms with van der Waals surface area (Å²) in [6, 6.07) is 0. The molecule has 0 aliphatic rings. The summed E-state index contributed by atoms with van der Waals surface area (Å²) in [6.07, 6.45) is 0. The van der Waals surface area contributed by atoms with Crippen LogP contribution in [0, 0.1) is 0 Å². The molecule has 1 heterocycles. The van der Waals surface area contributed by atoms with Crippen molar-refractivity contribution in [3.05, 3.63) is 10.1 Å². The first-order chi connectivity index (χ1) is 2.89. The van der Waals surface area contributed by atoms with Gasteiger partial charge in [-0.25, -0.2) is 0 Å². The topological polar surface area (TPSA) is 23.1 Å². The number of rotatable bonds is 0. The second-order valence-corrected chi connectivity index (χ2v) is 2.70. The lowest BCUT2D eigenvalue weighted by Crippen LogP contribution is -1.79. The molecule has 3 heteroatoms. The zero-order valence-corrected chi connectivity index (χ0v) is 4.51. The second-order valence-electron chi connectivity index (χ2n) is 0.787. The maximum Gasteiger partial charge on any atom is 0.241 e. The lowest BCUT2D eigenvalue weighted by Gasteiger charge is -1.78. The molecule has 0 fully saturated rings. The highest BCUT2D eigenvalue weighted by Gasteiger charge is 1.84. The van der Waals surface area contributed by atoms with Crippen LogP contribution >= 0.6 is 22.7 Å². The van der Waals surface area contributed by atoms with Crippen LogP contribution in [0.5, 0.6) is 5.06 Å². The maximum absolute atomic E-state index is 10.1. The van der Waals surface area contributed by atoms with E-state index in [9.17, 15) is 5.11 Å². The molecule has 0 amide bonds. The molecule has 0 atom stereocenters. The largest absolute Gasteiger partial charge is 0.846 e. The fourth-order valence-corrected chi connectivity index (χ4v) is 1.51. The minimum Gasteiger partial charge on any atom is -0.846 e. The van der Waals surface area contributed by atoms with Gasteiger partial charge < -0.3 is 5.11 Å². The van der Waals surface area contributed by atoms with Gasteiger partial charge in [-0.2, -0.15) is 0 Å². The summed E-state index contributed by atoms with van der Waals surface area (Å²) >= 11 is 2.69. The Morgan fingerprint density at radius 1 is 1.83 bits per heavy atom. The molecule has 0 saturated carbocycles. The quantitative estimate of drug-likeness (QED) is 0.469. The maximum atomic E-state index is 10.1. The van der Waals surface area contributed by atoms with E-state index in [1.807, 2.05) is 4.69 Å². The lowest BCUT2D eigenvalue weighted by atomic mass is 11.1. The molecule has 0 aliphatic carbocycles. The molecule has 1 nitrogen and oxygen atoms in total. The Kier molecular flexibility index (Phi) is 1.03. The van der Waals surface area contributed by atoms with Crippen LogP contribution in [-0.4, -0.2) is 0 Å². The van der Waals surface area contributed by atoms with Crippen molar-refractivity contribution in [3.8, 4) is 5.06 Å². The Bertz CT molecular complexity index is 112. The standard InChI is InChI=1S/C3H2OS2/c4-3-1-5-2-6-3/h1-2H. The van der Waals surface area contributed by atoms with Gasteiger partial charge >= 0.3 is 0 Å². The molecule has 0 saturated heterocycles. The minimum atomic E-state index is 0.153. The third kappa shape index (κ3) is 0.666. The summed E-state index contributed by atoms with van der Waals surface area (Å²) in [5.41, 5.74) is 0. The van der Waals surface area contributed by atoms with Crippen LogP contribution in [0.4, 0.5) is 0 Å². The molecule has 0 unspecified atom stereocenters. The molecule has 0 N–H and O–H groups in total. The molecule has 0 aliphatic heterocycles. The van der Waals surface area contributed by atoms with Crippen molar-refractivity contribution in [3.63, 3.8) is 0 Å².